The molecule has 22 heavy (non-hydrogen) atoms. The van der Waals surface area contributed by atoms with Crippen LogP contribution < -0.4 is 4.74 Å². The normalized spacial score (nSPS) is 28.6. The minimum Gasteiger partial charge on any atom is -0.490 e. The molecule has 1 aromatic heterocycles. The number of halogens is 1. The van der Waals surface area contributed by atoms with E-state index in [1.807, 2.05) is 19.3 Å². The number of benzene rings is 1. The Morgan fingerprint density at radius 3 is 2.73 bits per heavy atom. The van der Waals surface area contributed by atoms with Crippen molar-refractivity contribution in [1.82, 2.24) is 9.78 Å². The van der Waals surface area contributed by atoms with Gasteiger partial charge in [0.25, 0.3) is 0 Å². The number of aldehydes is 1. The first kappa shape index (κ1) is 13.5. The maximum Gasteiger partial charge on any atom is 0.165 e. The molecule has 1 heterocycles. The zero-order valence-corrected chi connectivity index (χ0v) is 12.4. The van der Waals surface area contributed by atoms with Gasteiger partial charge in [-0.25, -0.2) is 4.39 Å². The van der Waals surface area contributed by atoms with Gasteiger partial charge < -0.3 is 9.53 Å². The zero-order chi connectivity index (χ0) is 15.4. The van der Waals surface area contributed by atoms with Gasteiger partial charge in [-0.1, -0.05) is 6.07 Å². The lowest BCUT2D eigenvalue weighted by molar-refractivity contribution is -0.205. The summed E-state index contributed by atoms with van der Waals surface area (Å²) in [5.74, 6) is -0.0874. The van der Waals surface area contributed by atoms with E-state index < -0.39 is 0 Å². The molecule has 1 aromatic carbocycles. The molecule has 0 unspecified atom stereocenters. The third-order valence-corrected chi connectivity index (χ3v) is 4.94. The highest BCUT2D eigenvalue weighted by atomic mass is 19.1. The minimum absolute atomic E-state index is 0.0773. The average Bonchev–Trinajstić information content (AvgIpc) is 2.84. The lowest BCUT2D eigenvalue weighted by Gasteiger charge is -2.67. The van der Waals surface area contributed by atoms with E-state index in [-0.39, 0.29) is 22.4 Å². The molecule has 4 nitrogen and oxygen atoms in total. The van der Waals surface area contributed by atoms with Gasteiger partial charge in [0.2, 0.25) is 0 Å². The van der Waals surface area contributed by atoms with Crippen molar-refractivity contribution < 1.29 is 13.9 Å². The number of nitrogens with zero attached hydrogens (tertiary/aromatic N) is 2. The first-order chi connectivity index (χ1) is 10.5. The van der Waals surface area contributed by atoms with Crippen molar-refractivity contribution in [3.05, 3.63) is 36.4 Å². The van der Waals surface area contributed by atoms with E-state index in [0.29, 0.717) is 6.61 Å². The molecule has 0 radical (unpaired) electrons. The molecule has 0 amide bonds. The van der Waals surface area contributed by atoms with Crippen LogP contribution >= 0.6 is 0 Å². The summed E-state index contributed by atoms with van der Waals surface area (Å²) in [5.41, 5.74) is 1.69. The van der Waals surface area contributed by atoms with Crippen molar-refractivity contribution in [1.29, 1.82) is 0 Å². The van der Waals surface area contributed by atoms with Crippen molar-refractivity contribution >= 4 is 6.29 Å². The number of ether oxygens (including phenoxy) is 1. The smallest absolute Gasteiger partial charge is 0.165 e. The highest BCUT2D eigenvalue weighted by Gasteiger charge is 2.68. The van der Waals surface area contributed by atoms with Crippen LogP contribution in [0.25, 0.3) is 11.1 Å². The number of hydrogen-bond acceptors (Lipinski definition) is 3. The Bertz CT molecular complexity index is 733. The van der Waals surface area contributed by atoms with E-state index in [2.05, 4.69) is 5.10 Å². The van der Waals surface area contributed by atoms with Crippen LogP contribution in [-0.4, -0.2) is 22.7 Å². The molecule has 5 heteroatoms. The lowest BCUT2D eigenvalue weighted by Crippen LogP contribution is -2.64. The van der Waals surface area contributed by atoms with E-state index in [0.717, 1.165) is 36.7 Å². The van der Waals surface area contributed by atoms with Crippen LogP contribution in [0.15, 0.2) is 30.6 Å². The Balaban J connectivity index is 1.44. The summed E-state index contributed by atoms with van der Waals surface area (Å²) >= 11 is 0. The number of aryl methyl sites for hydroxylation is 1. The first-order valence-electron chi connectivity index (χ1n) is 7.41. The molecule has 0 N–H and O–H groups in total. The minimum atomic E-state index is -0.363. The van der Waals surface area contributed by atoms with Crippen LogP contribution in [-0.2, 0) is 11.8 Å². The molecular weight excluding hydrogens is 283 g/mol. The Kier molecular flexibility index (Phi) is 2.71. The molecule has 2 bridgehead atoms. The zero-order valence-electron chi connectivity index (χ0n) is 12.4. The maximum absolute atomic E-state index is 14.2. The van der Waals surface area contributed by atoms with Crippen molar-refractivity contribution in [2.45, 2.75) is 19.3 Å². The van der Waals surface area contributed by atoms with Gasteiger partial charge in [0.15, 0.2) is 11.6 Å². The topological polar surface area (TPSA) is 44.1 Å². The summed E-state index contributed by atoms with van der Waals surface area (Å²) in [6, 6.07) is 4.98. The highest BCUT2D eigenvalue weighted by molar-refractivity contribution is 5.66. The molecule has 0 aliphatic heterocycles. The van der Waals surface area contributed by atoms with Crippen molar-refractivity contribution in [2.24, 2.45) is 17.9 Å². The standard InChI is InChI=1S/C17H17FN2O2/c1-20-6-13(5-19-20)12-2-3-15(14(18)4-12)22-11-17-7-16(8-17,9-17)10-21/h2-6,10H,7-9,11H2,1H3. The molecular formula is C17H17FN2O2. The van der Waals surface area contributed by atoms with Crippen LogP contribution in [0, 0.1) is 16.6 Å². The second-order valence-corrected chi connectivity index (χ2v) is 6.85. The van der Waals surface area contributed by atoms with Gasteiger partial charge in [-0.3, -0.25) is 4.68 Å². The van der Waals surface area contributed by atoms with Crippen LogP contribution in [0.1, 0.15) is 19.3 Å². The highest BCUT2D eigenvalue weighted by Crippen LogP contribution is 2.72. The predicted molar refractivity (Wildman–Crippen MR) is 78.9 cm³/mol. The largest absolute Gasteiger partial charge is 0.490 e. The maximum atomic E-state index is 14.2. The van der Waals surface area contributed by atoms with Crippen LogP contribution in [0.4, 0.5) is 4.39 Å². The van der Waals surface area contributed by atoms with Gasteiger partial charge in [-0.2, -0.15) is 5.10 Å². The van der Waals surface area contributed by atoms with Gasteiger partial charge in [0.05, 0.1) is 12.8 Å². The van der Waals surface area contributed by atoms with Crippen LogP contribution in [0.5, 0.6) is 5.75 Å². The van der Waals surface area contributed by atoms with E-state index in [4.69, 9.17) is 4.74 Å². The van der Waals surface area contributed by atoms with Gasteiger partial charge in [-0.15, -0.1) is 0 Å². The number of hydrogen-bond donors (Lipinski definition) is 0. The summed E-state index contributed by atoms with van der Waals surface area (Å²) in [6.07, 6.45) is 7.28. The Hall–Kier alpha value is -2.17. The predicted octanol–water partition coefficient (Wildman–Crippen LogP) is 2.97. The summed E-state index contributed by atoms with van der Waals surface area (Å²) in [4.78, 5) is 10.9. The Labute approximate surface area is 127 Å². The number of carbonyl (C=O) groups is 1. The fourth-order valence-corrected chi connectivity index (χ4v) is 3.96. The second-order valence-electron chi connectivity index (χ2n) is 6.85. The molecule has 0 atom stereocenters. The SMILES string of the molecule is Cn1cc(-c2ccc(OCC34CC(C=O)(C3)C4)c(F)c2)cn1. The molecule has 0 saturated heterocycles. The molecule has 114 valence electrons. The van der Waals surface area contributed by atoms with E-state index in [1.165, 1.54) is 6.07 Å². The van der Waals surface area contributed by atoms with Crippen molar-refractivity contribution in [2.75, 3.05) is 6.61 Å². The number of rotatable bonds is 5. The van der Waals surface area contributed by atoms with Gasteiger partial charge in [0.1, 0.15) is 6.29 Å². The van der Waals surface area contributed by atoms with Crippen molar-refractivity contribution in [3.8, 4) is 16.9 Å². The average molecular weight is 300 g/mol. The summed E-state index contributed by atoms with van der Waals surface area (Å²) < 4.78 is 21.5. The van der Waals surface area contributed by atoms with Gasteiger partial charge in [-0.05, 0) is 37.0 Å². The van der Waals surface area contributed by atoms with Crippen LogP contribution in [0.2, 0.25) is 0 Å². The Morgan fingerprint density at radius 1 is 1.36 bits per heavy atom. The third kappa shape index (κ3) is 1.95. The van der Waals surface area contributed by atoms with E-state index in [1.54, 1.807) is 16.9 Å². The van der Waals surface area contributed by atoms with Crippen LogP contribution in [0.3, 0.4) is 0 Å². The molecule has 0 spiro atoms. The van der Waals surface area contributed by atoms with Crippen molar-refractivity contribution in [3.63, 3.8) is 0 Å². The Morgan fingerprint density at radius 2 is 2.14 bits per heavy atom. The molecule has 3 fully saturated rings. The molecule has 3 saturated carbocycles. The molecule has 3 aliphatic rings. The fourth-order valence-electron chi connectivity index (χ4n) is 3.96. The molecule has 3 aliphatic carbocycles. The molecule has 2 aromatic rings. The van der Waals surface area contributed by atoms with E-state index in [9.17, 15) is 9.18 Å². The fraction of sp³-hybridized carbons (Fsp3) is 0.412. The lowest BCUT2D eigenvalue weighted by atomic mass is 9.36. The third-order valence-electron chi connectivity index (χ3n) is 4.94. The van der Waals surface area contributed by atoms with Gasteiger partial charge >= 0.3 is 0 Å². The first-order valence-corrected chi connectivity index (χ1v) is 7.41. The quantitative estimate of drug-likeness (QED) is 0.797. The number of aromatic nitrogens is 2. The van der Waals surface area contributed by atoms with E-state index >= 15 is 0 Å². The summed E-state index contributed by atoms with van der Waals surface area (Å²) in [7, 11) is 1.83. The summed E-state index contributed by atoms with van der Waals surface area (Å²) in [6.45, 7) is 0.492. The summed E-state index contributed by atoms with van der Waals surface area (Å²) in [5, 5.41) is 4.09. The second kappa shape index (κ2) is 4.41. The number of carbonyl (C=O) groups excluding carboxylic acids is 1. The molecule has 5 rings (SSSR count). The monoisotopic (exact) mass is 300 g/mol. The van der Waals surface area contributed by atoms with Gasteiger partial charge in [0, 0.05) is 29.6 Å².